The van der Waals surface area contributed by atoms with Gasteiger partial charge < -0.3 is 9.90 Å². The van der Waals surface area contributed by atoms with E-state index >= 15 is 0 Å². The minimum atomic E-state index is -1.14. The smallest absolute Gasteiger partial charge is 0.0669 e. The summed E-state index contributed by atoms with van der Waals surface area (Å²) < 4.78 is 0. The summed E-state index contributed by atoms with van der Waals surface area (Å²) in [7, 11) is 0. The van der Waals surface area contributed by atoms with Gasteiger partial charge in [-0.3, -0.25) is 0 Å². The zero-order valence-corrected chi connectivity index (χ0v) is 11.7. The van der Waals surface area contributed by atoms with E-state index in [1.165, 1.54) is 0 Å². The van der Waals surface area contributed by atoms with Gasteiger partial charge in [0, 0.05) is 5.41 Å². The molecule has 0 atom stereocenters. The van der Waals surface area contributed by atoms with Crippen molar-refractivity contribution in [1.82, 2.24) is 0 Å². The number of rotatable bonds is 4. The Bertz CT molecular complexity index is 573. The highest BCUT2D eigenvalue weighted by atomic mass is 16.4. The average Bonchev–Trinajstić information content (AvgIpc) is 2.48. The molecule has 0 bridgehead atoms. The zero-order chi connectivity index (χ0) is 14.6. The van der Waals surface area contributed by atoms with Crippen molar-refractivity contribution in [3.63, 3.8) is 0 Å². The van der Waals surface area contributed by atoms with Crippen molar-refractivity contribution < 1.29 is 9.90 Å². The summed E-state index contributed by atoms with van der Waals surface area (Å²) >= 11 is 0. The van der Waals surface area contributed by atoms with Gasteiger partial charge in [0.25, 0.3) is 0 Å². The van der Waals surface area contributed by atoms with Crippen LogP contribution < -0.4 is 5.11 Å². The number of hydrogen-bond acceptors (Lipinski definition) is 2. The van der Waals surface area contributed by atoms with E-state index in [0.29, 0.717) is 0 Å². The van der Waals surface area contributed by atoms with Crippen LogP contribution in [0.5, 0.6) is 0 Å². The van der Waals surface area contributed by atoms with Gasteiger partial charge in [0.15, 0.2) is 0 Å². The third-order valence-corrected chi connectivity index (χ3v) is 3.57. The number of benzene rings is 2. The van der Waals surface area contributed by atoms with Crippen molar-refractivity contribution in [2.75, 3.05) is 0 Å². The lowest BCUT2D eigenvalue weighted by Crippen LogP contribution is -2.27. The van der Waals surface area contributed by atoms with Crippen LogP contribution in [0.3, 0.4) is 0 Å². The molecule has 0 aromatic heterocycles. The van der Waals surface area contributed by atoms with E-state index in [0.717, 1.165) is 11.1 Å². The van der Waals surface area contributed by atoms with Gasteiger partial charge in [0.05, 0.1) is 5.97 Å². The minimum absolute atomic E-state index is 0.236. The number of allylic oxidation sites excluding steroid dienone is 1. The average molecular weight is 265 g/mol. The molecule has 2 rings (SSSR count). The van der Waals surface area contributed by atoms with E-state index in [2.05, 4.69) is 0 Å². The number of carbonyl (C=O) groups excluding carboxylic acids is 1. The molecule has 20 heavy (non-hydrogen) atoms. The van der Waals surface area contributed by atoms with Crippen molar-refractivity contribution >= 4 is 5.97 Å². The lowest BCUT2D eigenvalue weighted by Gasteiger charge is -2.29. The minimum Gasteiger partial charge on any atom is -0.545 e. The molecule has 0 saturated carbocycles. The Hall–Kier alpha value is -2.35. The molecule has 0 aliphatic heterocycles. The fourth-order valence-electron chi connectivity index (χ4n) is 2.39. The Morgan fingerprint density at radius 1 is 0.950 bits per heavy atom. The molecule has 0 radical (unpaired) electrons. The van der Waals surface area contributed by atoms with Gasteiger partial charge in [-0.05, 0) is 30.5 Å². The fraction of sp³-hybridized carbons (Fsp3) is 0.167. The fourth-order valence-corrected chi connectivity index (χ4v) is 2.39. The molecule has 2 heteroatoms. The largest absolute Gasteiger partial charge is 0.545 e. The lowest BCUT2D eigenvalue weighted by atomic mass is 9.75. The first-order valence-electron chi connectivity index (χ1n) is 6.56. The first-order valence-corrected chi connectivity index (χ1v) is 6.56. The Balaban J connectivity index is 2.61. The Labute approximate surface area is 119 Å². The number of carbonyl (C=O) groups is 1. The van der Waals surface area contributed by atoms with E-state index in [4.69, 9.17) is 0 Å². The maximum absolute atomic E-state index is 11.1. The lowest BCUT2D eigenvalue weighted by molar-refractivity contribution is -0.299. The topological polar surface area (TPSA) is 40.1 Å². The molecule has 0 saturated heterocycles. The molecule has 0 N–H and O–H groups in total. The second-order valence-electron chi connectivity index (χ2n) is 5.05. The molecule has 2 nitrogen and oxygen atoms in total. The van der Waals surface area contributed by atoms with Gasteiger partial charge in [0.2, 0.25) is 0 Å². The normalized spacial score (nSPS) is 12.2. The maximum Gasteiger partial charge on any atom is 0.0669 e. The highest BCUT2D eigenvalue weighted by Gasteiger charge is 2.26. The molecule has 0 spiro atoms. The Kier molecular flexibility index (Phi) is 4.04. The van der Waals surface area contributed by atoms with Crippen LogP contribution >= 0.6 is 0 Å². The SMILES string of the molecule is C/C(=C\C(C)(c1ccccc1)c1ccccc1)C(=O)[O-]. The second-order valence-corrected chi connectivity index (χ2v) is 5.05. The zero-order valence-electron chi connectivity index (χ0n) is 11.7. The third kappa shape index (κ3) is 2.80. The van der Waals surface area contributed by atoms with Crippen LogP contribution in [0.2, 0.25) is 0 Å². The predicted molar refractivity (Wildman–Crippen MR) is 78.1 cm³/mol. The maximum atomic E-state index is 11.1. The Morgan fingerprint density at radius 2 is 1.35 bits per heavy atom. The monoisotopic (exact) mass is 265 g/mol. The van der Waals surface area contributed by atoms with Crippen LogP contribution in [-0.2, 0) is 10.2 Å². The van der Waals surface area contributed by atoms with Gasteiger partial charge in [-0.2, -0.15) is 0 Å². The number of hydrogen-bond donors (Lipinski definition) is 0. The number of aliphatic carboxylic acids is 1. The van der Waals surface area contributed by atoms with Crippen LogP contribution in [0.1, 0.15) is 25.0 Å². The molecule has 102 valence electrons. The van der Waals surface area contributed by atoms with Gasteiger partial charge in [-0.1, -0.05) is 66.7 Å². The Morgan fingerprint density at radius 3 is 1.70 bits per heavy atom. The number of carboxylic acids is 1. The molecular weight excluding hydrogens is 248 g/mol. The molecule has 0 aliphatic carbocycles. The molecule has 2 aromatic rings. The van der Waals surface area contributed by atoms with Crippen LogP contribution in [-0.4, -0.2) is 5.97 Å². The van der Waals surface area contributed by atoms with Crippen LogP contribution in [0, 0.1) is 0 Å². The van der Waals surface area contributed by atoms with Crippen molar-refractivity contribution in [3.8, 4) is 0 Å². The molecule has 0 aliphatic rings. The second kappa shape index (κ2) is 5.74. The third-order valence-electron chi connectivity index (χ3n) is 3.57. The van der Waals surface area contributed by atoms with Gasteiger partial charge in [0.1, 0.15) is 0 Å². The molecular formula is C18H17O2-. The number of carboxylic acid groups (broad SMARTS) is 1. The summed E-state index contributed by atoms with van der Waals surface area (Å²) in [5.41, 5.74) is 1.84. The quantitative estimate of drug-likeness (QED) is 0.797. The highest BCUT2D eigenvalue weighted by molar-refractivity contribution is 5.84. The van der Waals surface area contributed by atoms with Gasteiger partial charge in [-0.25, -0.2) is 0 Å². The molecule has 0 heterocycles. The van der Waals surface area contributed by atoms with Crippen LogP contribution in [0.4, 0.5) is 0 Å². The van der Waals surface area contributed by atoms with E-state index in [9.17, 15) is 9.90 Å². The van der Waals surface area contributed by atoms with Crippen LogP contribution in [0.15, 0.2) is 72.3 Å². The summed E-state index contributed by atoms with van der Waals surface area (Å²) in [6.07, 6.45) is 1.76. The van der Waals surface area contributed by atoms with Gasteiger partial charge >= 0.3 is 0 Å². The van der Waals surface area contributed by atoms with E-state index in [1.54, 1.807) is 13.0 Å². The highest BCUT2D eigenvalue weighted by Crippen LogP contribution is 2.34. The molecule has 0 fully saturated rings. The summed E-state index contributed by atoms with van der Waals surface area (Å²) in [6.45, 7) is 3.59. The first kappa shape index (κ1) is 14.1. The van der Waals surface area contributed by atoms with Crippen molar-refractivity contribution in [2.24, 2.45) is 0 Å². The molecule has 0 unspecified atom stereocenters. The summed E-state index contributed by atoms with van der Waals surface area (Å²) in [5.74, 6) is -1.14. The first-order chi connectivity index (χ1) is 9.54. The van der Waals surface area contributed by atoms with E-state index in [1.807, 2.05) is 67.6 Å². The molecule has 0 amide bonds. The summed E-state index contributed by atoms with van der Waals surface area (Å²) in [4.78, 5) is 11.1. The van der Waals surface area contributed by atoms with Crippen molar-refractivity contribution in [1.29, 1.82) is 0 Å². The molecule has 2 aromatic carbocycles. The summed E-state index contributed by atoms with van der Waals surface area (Å²) in [5, 5.41) is 11.1. The van der Waals surface area contributed by atoms with Crippen molar-refractivity contribution in [3.05, 3.63) is 83.4 Å². The standard InChI is InChI=1S/C18H18O2/c1-14(17(19)20)13-18(2,15-9-5-3-6-10-15)16-11-7-4-8-12-16/h3-13H,1-2H3,(H,19,20)/p-1/b14-13+. The van der Waals surface area contributed by atoms with Crippen molar-refractivity contribution in [2.45, 2.75) is 19.3 Å². The van der Waals surface area contributed by atoms with Crippen LogP contribution in [0.25, 0.3) is 0 Å². The van der Waals surface area contributed by atoms with Gasteiger partial charge in [-0.15, -0.1) is 0 Å². The predicted octanol–water partition coefficient (Wildman–Crippen LogP) is 2.69. The van der Waals surface area contributed by atoms with E-state index in [-0.39, 0.29) is 5.57 Å². The van der Waals surface area contributed by atoms with E-state index < -0.39 is 11.4 Å². The summed E-state index contributed by atoms with van der Waals surface area (Å²) in [6, 6.07) is 19.7.